The van der Waals surface area contributed by atoms with Gasteiger partial charge in [-0.1, -0.05) is 36.0 Å². The monoisotopic (exact) mass is 408 g/mol. The molecule has 4 rings (SSSR count). The average Bonchev–Trinajstić information content (AvgIpc) is 3.13. The number of hydrogen-bond acceptors (Lipinski definition) is 5. The number of rotatable bonds is 5. The van der Waals surface area contributed by atoms with E-state index in [2.05, 4.69) is 9.97 Å². The van der Waals surface area contributed by atoms with Gasteiger partial charge >= 0.3 is 0 Å². The molecule has 0 amide bonds. The predicted molar refractivity (Wildman–Crippen MR) is 114 cm³/mol. The normalized spacial score (nSPS) is 11.1. The third kappa shape index (κ3) is 3.70. The summed E-state index contributed by atoms with van der Waals surface area (Å²) in [5, 5.41) is 3.68. The Balaban J connectivity index is 1.63. The summed E-state index contributed by atoms with van der Waals surface area (Å²) in [6, 6.07) is 12.2. The quantitative estimate of drug-likeness (QED) is 0.228. The zero-order valence-electron chi connectivity index (χ0n) is 15.4. The van der Waals surface area contributed by atoms with E-state index < -0.39 is 0 Å². The van der Waals surface area contributed by atoms with Crippen LogP contribution < -0.4 is 0 Å². The predicted octanol–water partition coefficient (Wildman–Crippen LogP) is 6.09. The highest BCUT2D eigenvalue weighted by atomic mass is 32.2. The van der Waals surface area contributed by atoms with Crippen LogP contribution in [0.5, 0.6) is 0 Å². The van der Waals surface area contributed by atoms with E-state index in [4.69, 9.17) is 0 Å². The van der Waals surface area contributed by atoms with E-state index in [0.717, 1.165) is 31.9 Å². The van der Waals surface area contributed by atoms with Gasteiger partial charge in [-0.15, -0.1) is 11.3 Å². The van der Waals surface area contributed by atoms with Gasteiger partial charge in [-0.2, -0.15) is 0 Å². The highest BCUT2D eigenvalue weighted by Gasteiger charge is 2.15. The van der Waals surface area contributed by atoms with Crippen LogP contribution in [0.15, 0.2) is 59.2 Å². The van der Waals surface area contributed by atoms with Crippen molar-refractivity contribution in [1.82, 2.24) is 9.97 Å². The molecule has 0 N–H and O–H groups in total. The molecule has 0 saturated heterocycles. The van der Waals surface area contributed by atoms with E-state index >= 15 is 0 Å². The number of Topliss-reactive ketones (excluding diaryl/α,β-unsaturated/α-hetero) is 1. The largest absolute Gasteiger partial charge is 0.293 e. The summed E-state index contributed by atoms with van der Waals surface area (Å²) < 4.78 is 13.3. The maximum Gasteiger partial charge on any atom is 0.173 e. The Kier molecular flexibility index (Phi) is 5.24. The van der Waals surface area contributed by atoms with Crippen LogP contribution in [0.3, 0.4) is 0 Å². The van der Waals surface area contributed by atoms with Crippen molar-refractivity contribution in [3.63, 3.8) is 0 Å². The van der Waals surface area contributed by atoms with Crippen molar-refractivity contribution in [3.05, 3.63) is 76.7 Å². The Labute approximate surface area is 170 Å². The maximum absolute atomic E-state index is 13.3. The third-order valence-electron chi connectivity index (χ3n) is 4.66. The third-order valence-corrected chi connectivity index (χ3v) is 6.54. The molecule has 0 bridgehead atoms. The lowest BCUT2D eigenvalue weighted by molar-refractivity contribution is 0.102. The van der Waals surface area contributed by atoms with Crippen molar-refractivity contribution in [2.75, 3.05) is 5.75 Å². The lowest BCUT2D eigenvalue weighted by Gasteiger charge is -2.07. The number of thiophene rings is 1. The van der Waals surface area contributed by atoms with E-state index in [1.54, 1.807) is 12.1 Å². The molecule has 4 aromatic rings. The molecule has 0 atom stereocenters. The maximum atomic E-state index is 13.3. The van der Waals surface area contributed by atoms with Crippen LogP contribution in [0.25, 0.3) is 21.3 Å². The molecule has 0 unspecified atom stereocenters. The smallest absolute Gasteiger partial charge is 0.173 e. The molecule has 0 aliphatic rings. The van der Waals surface area contributed by atoms with Crippen molar-refractivity contribution >= 4 is 39.1 Å². The number of benzene rings is 2. The van der Waals surface area contributed by atoms with Crippen LogP contribution in [0, 0.1) is 19.7 Å². The lowest BCUT2D eigenvalue weighted by atomic mass is 10.0. The second-order valence-electron chi connectivity index (χ2n) is 6.53. The Bertz CT molecular complexity index is 1170. The molecule has 2 aromatic carbocycles. The first-order valence-corrected chi connectivity index (χ1v) is 10.6. The Morgan fingerprint density at radius 3 is 2.61 bits per heavy atom. The zero-order valence-corrected chi connectivity index (χ0v) is 17.0. The molecule has 28 heavy (non-hydrogen) atoms. The summed E-state index contributed by atoms with van der Waals surface area (Å²) in [5.41, 5.74) is 4.86. The van der Waals surface area contributed by atoms with Gasteiger partial charge in [-0.25, -0.2) is 14.4 Å². The van der Waals surface area contributed by atoms with Gasteiger partial charge in [-0.05, 0) is 48.7 Å². The van der Waals surface area contributed by atoms with E-state index in [0.29, 0.717) is 11.3 Å². The van der Waals surface area contributed by atoms with Crippen LogP contribution in [0.1, 0.15) is 21.5 Å². The second-order valence-corrected chi connectivity index (χ2v) is 8.35. The first-order valence-electron chi connectivity index (χ1n) is 8.74. The highest BCUT2D eigenvalue weighted by Crippen LogP contribution is 2.38. The highest BCUT2D eigenvalue weighted by molar-refractivity contribution is 8.00. The molecule has 0 radical (unpaired) electrons. The molecule has 3 nitrogen and oxygen atoms in total. The number of carbonyl (C=O) groups excluding carboxylic acids is 1. The summed E-state index contributed by atoms with van der Waals surface area (Å²) in [4.78, 5) is 22.3. The summed E-state index contributed by atoms with van der Waals surface area (Å²) in [6.07, 6.45) is 1.52. The van der Waals surface area contributed by atoms with Gasteiger partial charge in [0.25, 0.3) is 0 Å². The minimum absolute atomic E-state index is 0.0680. The zero-order chi connectivity index (χ0) is 19.7. The van der Waals surface area contributed by atoms with Gasteiger partial charge in [-0.3, -0.25) is 4.79 Å². The molecule has 2 aromatic heterocycles. The Morgan fingerprint density at radius 2 is 1.86 bits per heavy atom. The summed E-state index contributed by atoms with van der Waals surface area (Å²) in [5.74, 6) is 0.0967. The van der Waals surface area contributed by atoms with Gasteiger partial charge in [0.15, 0.2) is 5.78 Å². The minimum atomic E-state index is -0.270. The molecule has 0 fully saturated rings. The average molecular weight is 409 g/mol. The first-order chi connectivity index (χ1) is 13.5. The fourth-order valence-electron chi connectivity index (χ4n) is 2.93. The molecule has 0 spiro atoms. The van der Waals surface area contributed by atoms with E-state index in [-0.39, 0.29) is 11.6 Å². The Hall–Kier alpha value is -2.57. The number of nitrogens with zero attached hydrogens (tertiary/aromatic N) is 2. The van der Waals surface area contributed by atoms with Crippen LogP contribution in [0.4, 0.5) is 4.39 Å². The van der Waals surface area contributed by atoms with Crippen molar-refractivity contribution in [2.45, 2.75) is 18.9 Å². The molecule has 2 heterocycles. The number of thioether (sulfide) groups is 1. The van der Waals surface area contributed by atoms with Gasteiger partial charge in [0.2, 0.25) is 0 Å². The Morgan fingerprint density at radius 1 is 1.07 bits per heavy atom. The van der Waals surface area contributed by atoms with Crippen LogP contribution in [-0.4, -0.2) is 21.5 Å². The SMILES string of the molecule is Cc1ccc(C(=O)CSc2ncnc3scc(-c4ccc(F)cc4)c23)cc1C. The molecule has 0 saturated carbocycles. The summed E-state index contributed by atoms with van der Waals surface area (Å²) >= 11 is 2.93. The van der Waals surface area contributed by atoms with E-state index in [1.807, 2.05) is 37.4 Å². The first kappa shape index (κ1) is 18.8. The summed E-state index contributed by atoms with van der Waals surface area (Å²) in [6.45, 7) is 4.04. The fraction of sp³-hybridized carbons (Fsp3) is 0.136. The van der Waals surface area contributed by atoms with Crippen molar-refractivity contribution in [3.8, 4) is 11.1 Å². The minimum Gasteiger partial charge on any atom is -0.293 e. The van der Waals surface area contributed by atoms with E-state index in [1.165, 1.54) is 47.1 Å². The second kappa shape index (κ2) is 7.81. The van der Waals surface area contributed by atoms with Gasteiger partial charge in [0.05, 0.1) is 11.1 Å². The fourth-order valence-corrected chi connectivity index (χ4v) is 4.82. The molecule has 6 heteroatoms. The molecule has 140 valence electrons. The standard InChI is InChI=1S/C22H17FN2OS2/c1-13-3-4-16(9-14(13)2)19(26)11-28-22-20-18(10-27-21(20)24-12-25-22)15-5-7-17(23)8-6-15/h3-10,12H,11H2,1-2H3. The van der Waals surface area contributed by atoms with Crippen LogP contribution in [-0.2, 0) is 0 Å². The van der Waals surface area contributed by atoms with Crippen molar-refractivity contribution in [2.24, 2.45) is 0 Å². The number of hydrogen-bond donors (Lipinski definition) is 0. The molecule has 0 aliphatic heterocycles. The number of ketones is 1. The molecular formula is C22H17FN2OS2. The molecular weight excluding hydrogens is 391 g/mol. The van der Waals surface area contributed by atoms with Crippen molar-refractivity contribution < 1.29 is 9.18 Å². The number of aromatic nitrogens is 2. The van der Waals surface area contributed by atoms with Gasteiger partial charge < -0.3 is 0 Å². The van der Waals surface area contributed by atoms with Gasteiger partial charge in [0.1, 0.15) is 22.0 Å². The van der Waals surface area contributed by atoms with Crippen LogP contribution in [0.2, 0.25) is 0 Å². The van der Waals surface area contributed by atoms with Crippen LogP contribution >= 0.6 is 23.1 Å². The number of carbonyl (C=O) groups is 1. The van der Waals surface area contributed by atoms with Gasteiger partial charge in [0, 0.05) is 16.5 Å². The van der Waals surface area contributed by atoms with E-state index in [9.17, 15) is 9.18 Å². The molecule has 0 aliphatic carbocycles. The number of aryl methyl sites for hydroxylation is 2. The topological polar surface area (TPSA) is 42.9 Å². The summed E-state index contributed by atoms with van der Waals surface area (Å²) in [7, 11) is 0. The lowest BCUT2D eigenvalue weighted by Crippen LogP contribution is -2.03. The number of fused-ring (bicyclic) bond motifs is 1. The van der Waals surface area contributed by atoms with Crippen molar-refractivity contribution in [1.29, 1.82) is 0 Å². The number of halogens is 1.